The lowest BCUT2D eigenvalue weighted by Gasteiger charge is -2.31. The maximum atomic E-state index is 13.2. The Balaban J connectivity index is 1.15. The van der Waals surface area contributed by atoms with Crippen molar-refractivity contribution < 1.29 is 9.59 Å². The lowest BCUT2D eigenvalue weighted by molar-refractivity contribution is -0.132. The Labute approximate surface area is 202 Å². The van der Waals surface area contributed by atoms with E-state index in [-0.39, 0.29) is 11.8 Å². The Morgan fingerprint density at radius 3 is 2.38 bits per heavy atom. The highest BCUT2D eigenvalue weighted by Gasteiger charge is 2.32. The second kappa shape index (κ2) is 10.0. The molecule has 5 heteroatoms. The van der Waals surface area contributed by atoms with Gasteiger partial charge in [0.15, 0.2) is 0 Å². The number of benzene rings is 2. The van der Waals surface area contributed by atoms with Crippen LogP contribution in [0.4, 0.5) is 0 Å². The summed E-state index contributed by atoms with van der Waals surface area (Å²) in [5, 5.41) is 1.22. The van der Waals surface area contributed by atoms with Crippen LogP contribution in [0.1, 0.15) is 55.7 Å². The molecule has 34 heavy (non-hydrogen) atoms. The monoisotopic (exact) mass is 457 g/mol. The second-order valence-electron chi connectivity index (χ2n) is 10.1. The predicted octanol–water partition coefficient (Wildman–Crippen LogP) is 5.09. The number of carbonyl (C=O) groups excluding carboxylic acids is 2. The first-order valence-electron chi connectivity index (χ1n) is 12.7. The summed E-state index contributed by atoms with van der Waals surface area (Å²) in [4.78, 5) is 32.1. The summed E-state index contributed by atoms with van der Waals surface area (Å²) in [5.74, 6) is 1.10. The standard InChI is InChI=1S/C29H35N3O2/c1-21(33)31-16-14-23(15-17-31)18-22-6-8-24(9-7-22)20-32(26-11-12-26)29(34)13-10-25-19-30-28-5-3-2-4-27(25)28/h2-9,19,23,26,30H,10-18,20H2,1H3. The lowest BCUT2D eigenvalue weighted by atomic mass is 9.90. The predicted molar refractivity (Wildman–Crippen MR) is 135 cm³/mol. The second-order valence-corrected chi connectivity index (χ2v) is 10.1. The number of rotatable bonds is 8. The van der Waals surface area contributed by atoms with Crippen molar-refractivity contribution in [1.82, 2.24) is 14.8 Å². The Bertz CT molecular complexity index is 1140. The zero-order valence-corrected chi connectivity index (χ0v) is 20.1. The van der Waals surface area contributed by atoms with Crippen LogP contribution in [0, 0.1) is 5.92 Å². The molecule has 5 nitrogen and oxygen atoms in total. The molecule has 1 aliphatic carbocycles. The minimum Gasteiger partial charge on any atom is -0.361 e. The fourth-order valence-corrected chi connectivity index (χ4v) is 5.29. The molecule has 5 rings (SSSR count). The van der Waals surface area contributed by atoms with Crippen molar-refractivity contribution >= 4 is 22.7 Å². The number of fused-ring (bicyclic) bond motifs is 1. The van der Waals surface area contributed by atoms with E-state index < -0.39 is 0 Å². The molecule has 2 fully saturated rings. The van der Waals surface area contributed by atoms with Crippen LogP contribution in [0.15, 0.2) is 54.7 Å². The number of para-hydroxylation sites is 1. The first-order chi connectivity index (χ1) is 16.6. The largest absolute Gasteiger partial charge is 0.361 e. The number of amides is 2. The van der Waals surface area contributed by atoms with Gasteiger partial charge in [-0.25, -0.2) is 0 Å². The molecular formula is C29H35N3O2. The van der Waals surface area contributed by atoms with Gasteiger partial charge in [0.1, 0.15) is 0 Å². The van der Waals surface area contributed by atoms with Crippen molar-refractivity contribution in [2.75, 3.05) is 13.1 Å². The molecule has 178 valence electrons. The van der Waals surface area contributed by atoms with Crippen LogP contribution in [-0.4, -0.2) is 45.7 Å². The molecule has 1 saturated carbocycles. The number of aromatic nitrogens is 1. The summed E-state index contributed by atoms with van der Waals surface area (Å²) < 4.78 is 0. The Morgan fingerprint density at radius 1 is 0.971 bits per heavy atom. The van der Waals surface area contributed by atoms with Crippen molar-refractivity contribution in [2.45, 2.75) is 64.5 Å². The molecule has 1 aliphatic heterocycles. The lowest BCUT2D eigenvalue weighted by Crippen LogP contribution is -2.37. The smallest absolute Gasteiger partial charge is 0.223 e. The summed E-state index contributed by atoms with van der Waals surface area (Å²) >= 11 is 0. The van der Waals surface area contributed by atoms with Crippen molar-refractivity contribution in [3.05, 3.63) is 71.4 Å². The van der Waals surface area contributed by atoms with Crippen LogP contribution in [0.25, 0.3) is 10.9 Å². The fourth-order valence-electron chi connectivity index (χ4n) is 5.29. The maximum absolute atomic E-state index is 13.2. The molecule has 2 amide bonds. The molecule has 2 heterocycles. The van der Waals surface area contributed by atoms with E-state index in [0.717, 1.165) is 57.1 Å². The van der Waals surface area contributed by atoms with Gasteiger partial charge >= 0.3 is 0 Å². The number of H-pyrrole nitrogens is 1. The van der Waals surface area contributed by atoms with E-state index in [2.05, 4.69) is 52.3 Å². The topological polar surface area (TPSA) is 56.4 Å². The van der Waals surface area contributed by atoms with Crippen molar-refractivity contribution in [3.8, 4) is 0 Å². The molecule has 0 unspecified atom stereocenters. The van der Waals surface area contributed by atoms with E-state index in [0.29, 0.717) is 24.9 Å². The molecule has 1 N–H and O–H groups in total. The molecule has 3 aromatic rings. The average molecular weight is 458 g/mol. The van der Waals surface area contributed by atoms with Crippen LogP contribution in [0.3, 0.4) is 0 Å². The minimum atomic E-state index is 0.194. The maximum Gasteiger partial charge on any atom is 0.223 e. The van der Waals surface area contributed by atoms with E-state index in [1.807, 2.05) is 17.2 Å². The number of hydrogen-bond acceptors (Lipinski definition) is 2. The van der Waals surface area contributed by atoms with E-state index in [1.165, 1.54) is 22.1 Å². The highest BCUT2D eigenvalue weighted by Crippen LogP contribution is 2.30. The van der Waals surface area contributed by atoms with Gasteiger partial charge in [0.2, 0.25) is 11.8 Å². The molecule has 1 aromatic heterocycles. The van der Waals surface area contributed by atoms with E-state index in [4.69, 9.17) is 0 Å². The SMILES string of the molecule is CC(=O)N1CCC(Cc2ccc(CN(C(=O)CCc3c[nH]c4ccccc34)C3CC3)cc2)CC1. The zero-order valence-electron chi connectivity index (χ0n) is 20.1. The third-order valence-electron chi connectivity index (χ3n) is 7.55. The number of carbonyl (C=O) groups is 2. The normalized spacial score (nSPS) is 16.7. The Morgan fingerprint density at radius 2 is 1.68 bits per heavy atom. The van der Waals surface area contributed by atoms with E-state index in [9.17, 15) is 9.59 Å². The molecule has 0 spiro atoms. The summed E-state index contributed by atoms with van der Waals surface area (Å²) in [6.07, 6.45) is 8.85. The number of nitrogens with zero attached hydrogens (tertiary/aromatic N) is 2. The van der Waals surface area contributed by atoms with E-state index >= 15 is 0 Å². The molecule has 2 aromatic carbocycles. The van der Waals surface area contributed by atoms with Gasteiger partial charge in [0, 0.05) is 56.1 Å². The minimum absolute atomic E-state index is 0.194. The van der Waals surface area contributed by atoms with Gasteiger partial charge in [-0.2, -0.15) is 0 Å². The third kappa shape index (κ3) is 5.35. The number of piperidine rings is 1. The molecule has 0 radical (unpaired) electrons. The van der Waals surface area contributed by atoms with Crippen LogP contribution < -0.4 is 0 Å². The first kappa shape index (κ1) is 22.7. The summed E-state index contributed by atoms with van der Waals surface area (Å²) in [5.41, 5.74) is 4.92. The first-order valence-corrected chi connectivity index (χ1v) is 12.7. The van der Waals surface area contributed by atoms with Gasteiger partial charge in [0.05, 0.1) is 0 Å². The van der Waals surface area contributed by atoms with Gasteiger partial charge in [-0.15, -0.1) is 0 Å². The van der Waals surface area contributed by atoms with Gasteiger partial charge < -0.3 is 14.8 Å². The highest BCUT2D eigenvalue weighted by molar-refractivity contribution is 5.84. The van der Waals surface area contributed by atoms with Crippen LogP contribution in [-0.2, 0) is 29.0 Å². The third-order valence-corrected chi connectivity index (χ3v) is 7.55. The quantitative estimate of drug-likeness (QED) is 0.512. The summed E-state index contributed by atoms with van der Waals surface area (Å²) in [6, 6.07) is 17.5. The molecule has 0 bridgehead atoms. The van der Waals surface area contributed by atoms with Crippen LogP contribution >= 0.6 is 0 Å². The summed E-state index contributed by atoms with van der Waals surface area (Å²) in [7, 11) is 0. The summed E-state index contributed by atoms with van der Waals surface area (Å²) in [6.45, 7) is 4.13. The van der Waals surface area contributed by atoms with Crippen molar-refractivity contribution in [1.29, 1.82) is 0 Å². The van der Waals surface area contributed by atoms with Gasteiger partial charge in [-0.05, 0) is 67.2 Å². The van der Waals surface area contributed by atoms with E-state index in [1.54, 1.807) is 6.92 Å². The number of nitrogens with one attached hydrogen (secondary N) is 1. The van der Waals surface area contributed by atoms with Gasteiger partial charge in [-0.3, -0.25) is 9.59 Å². The van der Waals surface area contributed by atoms with Crippen molar-refractivity contribution in [2.24, 2.45) is 5.92 Å². The fraction of sp³-hybridized carbons (Fsp3) is 0.448. The zero-order chi connectivity index (χ0) is 23.5. The Hall–Kier alpha value is -3.08. The molecule has 1 saturated heterocycles. The highest BCUT2D eigenvalue weighted by atomic mass is 16.2. The van der Waals surface area contributed by atoms with Crippen LogP contribution in [0.5, 0.6) is 0 Å². The molecular weight excluding hydrogens is 422 g/mol. The number of likely N-dealkylation sites (tertiary alicyclic amines) is 1. The average Bonchev–Trinajstić information content (AvgIpc) is 3.61. The molecule has 0 atom stereocenters. The molecule has 2 aliphatic rings. The van der Waals surface area contributed by atoms with Gasteiger partial charge in [0.25, 0.3) is 0 Å². The van der Waals surface area contributed by atoms with Gasteiger partial charge in [-0.1, -0.05) is 42.5 Å². The number of aromatic amines is 1. The Kier molecular flexibility index (Phi) is 6.70. The number of aryl methyl sites for hydroxylation is 1. The number of hydrogen-bond donors (Lipinski definition) is 1. The van der Waals surface area contributed by atoms with Crippen molar-refractivity contribution in [3.63, 3.8) is 0 Å². The van der Waals surface area contributed by atoms with Crippen LogP contribution in [0.2, 0.25) is 0 Å².